The molecule has 0 spiro atoms. The number of methoxy groups -OCH3 is 1. The third-order valence-corrected chi connectivity index (χ3v) is 3.96. The lowest BCUT2D eigenvalue weighted by Crippen LogP contribution is -2.41. The first-order valence-electron chi connectivity index (χ1n) is 7.89. The van der Waals surface area contributed by atoms with Gasteiger partial charge in [0.05, 0.1) is 13.2 Å². The van der Waals surface area contributed by atoms with Crippen LogP contribution in [0.25, 0.3) is 0 Å². The minimum Gasteiger partial charge on any atom is -0.497 e. The molecule has 1 unspecified atom stereocenters. The summed E-state index contributed by atoms with van der Waals surface area (Å²) < 4.78 is 5.31. The monoisotopic (exact) mass is 290 g/mol. The molecule has 1 aliphatic heterocycles. The number of likely N-dealkylation sites (tertiary alicyclic amines) is 1. The summed E-state index contributed by atoms with van der Waals surface area (Å²) in [5.41, 5.74) is 1.18. The molecule has 1 heterocycles. The second-order valence-electron chi connectivity index (χ2n) is 5.58. The van der Waals surface area contributed by atoms with Crippen molar-refractivity contribution in [1.29, 1.82) is 0 Å². The molecule has 2 rings (SSSR count). The molecule has 1 aromatic carbocycles. The van der Waals surface area contributed by atoms with Gasteiger partial charge in [0, 0.05) is 19.5 Å². The molecule has 0 saturated carbocycles. The largest absolute Gasteiger partial charge is 0.497 e. The second kappa shape index (κ2) is 8.03. The highest BCUT2D eigenvalue weighted by Gasteiger charge is 2.22. The van der Waals surface area contributed by atoms with Crippen LogP contribution < -0.4 is 10.1 Å². The normalized spacial score (nSPS) is 16.9. The van der Waals surface area contributed by atoms with Crippen LogP contribution in [0, 0.1) is 0 Å². The van der Waals surface area contributed by atoms with E-state index in [0.29, 0.717) is 6.42 Å². The summed E-state index contributed by atoms with van der Waals surface area (Å²) in [5, 5.41) is 3.56. The van der Waals surface area contributed by atoms with Gasteiger partial charge in [-0.2, -0.15) is 0 Å². The number of benzene rings is 1. The molecular formula is C17H26N2O2. The number of nitrogens with zero attached hydrogens (tertiary/aromatic N) is 1. The third-order valence-electron chi connectivity index (χ3n) is 3.96. The van der Waals surface area contributed by atoms with Gasteiger partial charge in [-0.15, -0.1) is 0 Å². The van der Waals surface area contributed by atoms with Gasteiger partial charge in [0.2, 0.25) is 5.91 Å². The number of hydrogen-bond donors (Lipinski definition) is 1. The fraction of sp³-hybridized carbons (Fsp3) is 0.588. The van der Waals surface area contributed by atoms with Gasteiger partial charge in [0.15, 0.2) is 0 Å². The first-order chi connectivity index (χ1) is 10.2. The predicted octanol–water partition coefficient (Wildman–Crippen LogP) is 2.75. The Morgan fingerprint density at radius 2 is 2.24 bits per heavy atom. The SMILES string of the molecule is CCCNC(CN1CCCCC1=O)c1cccc(OC)c1. The van der Waals surface area contributed by atoms with E-state index in [4.69, 9.17) is 4.74 Å². The van der Waals surface area contributed by atoms with Crippen molar-refractivity contribution in [2.24, 2.45) is 0 Å². The molecule has 0 radical (unpaired) electrons. The molecule has 0 bridgehead atoms. The molecule has 1 aliphatic rings. The Labute approximate surface area is 127 Å². The van der Waals surface area contributed by atoms with E-state index in [1.54, 1.807) is 7.11 Å². The Balaban J connectivity index is 2.10. The average molecular weight is 290 g/mol. The number of hydrogen-bond acceptors (Lipinski definition) is 3. The van der Waals surface area contributed by atoms with E-state index in [-0.39, 0.29) is 11.9 Å². The van der Waals surface area contributed by atoms with E-state index < -0.39 is 0 Å². The molecule has 0 aromatic heterocycles. The fourth-order valence-corrected chi connectivity index (χ4v) is 2.74. The quantitative estimate of drug-likeness (QED) is 0.839. The summed E-state index contributed by atoms with van der Waals surface area (Å²) in [6.45, 7) is 4.73. The molecule has 1 aromatic rings. The lowest BCUT2D eigenvalue weighted by molar-refractivity contribution is -0.133. The molecular weight excluding hydrogens is 264 g/mol. The zero-order chi connectivity index (χ0) is 15.1. The van der Waals surface area contributed by atoms with Crippen molar-refractivity contribution in [3.05, 3.63) is 29.8 Å². The van der Waals surface area contributed by atoms with Gasteiger partial charge in [0.1, 0.15) is 5.75 Å². The maximum atomic E-state index is 12.0. The highest BCUT2D eigenvalue weighted by molar-refractivity contribution is 5.76. The molecule has 1 amide bonds. The summed E-state index contributed by atoms with van der Waals surface area (Å²) in [6.07, 6.45) is 3.92. The van der Waals surface area contributed by atoms with Crippen molar-refractivity contribution < 1.29 is 9.53 Å². The first kappa shape index (κ1) is 15.8. The molecule has 4 heteroatoms. The molecule has 4 nitrogen and oxygen atoms in total. The Morgan fingerprint density at radius 3 is 2.95 bits per heavy atom. The van der Waals surface area contributed by atoms with E-state index in [2.05, 4.69) is 24.4 Å². The average Bonchev–Trinajstić information content (AvgIpc) is 2.53. The smallest absolute Gasteiger partial charge is 0.222 e. The van der Waals surface area contributed by atoms with Crippen LogP contribution in [0.4, 0.5) is 0 Å². The number of nitrogens with one attached hydrogen (secondary N) is 1. The lowest BCUT2D eigenvalue weighted by atomic mass is 10.0. The molecule has 21 heavy (non-hydrogen) atoms. The van der Waals surface area contributed by atoms with Crippen LogP contribution in [0.3, 0.4) is 0 Å². The van der Waals surface area contributed by atoms with E-state index in [1.165, 1.54) is 5.56 Å². The summed E-state index contributed by atoms with van der Waals surface area (Å²) in [4.78, 5) is 14.0. The molecule has 1 N–H and O–H groups in total. The fourth-order valence-electron chi connectivity index (χ4n) is 2.74. The molecule has 1 fully saturated rings. The molecule has 116 valence electrons. The van der Waals surface area contributed by atoms with Crippen LogP contribution in [0.5, 0.6) is 5.75 Å². The van der Waals surface area contributed by atoms with Gasteiger partial charge in [-0.05, 0) is 43.5 Å². The Hall–Kier alpha value is -1.55. The number of ether oxygens (including phenoxy) is 1. The standard InChI is InChI=1S/C17H26N2O2/c1-3-10-18-16(13-19-11-5-4-9-17(19)20)14-7-6-8-15(12-14)21-2/h6-8,12,16,18H,3-5,9-11,13H2,1-2H3. The van der Waals surface area contributed by atoms with E-state index in [0.717, 1.165) is 44.6 Å². The number of carbonyl (C=O) groups excluding carboxylic acids is 1. The van der Waals surface area contributed by atoms with Crippen LogP contribution in [-0.2, 0) is 4.79 Å². The van der Waals surface area contributed by atoms with Crippen molar-refractivity contribution in [3.8, 4) is 5.75 Å². The Kier molecular flexibility index (Phi) is 6.05. The highest BCUT2D eigenvalue weighted by atomic mass is 16.5. The Bertz CT molecular complexity index is 462. The number of carbonyl (C=O) groups is 1. The molecule has 1 saturated heterocycles. The molecule has 1 atom stereocenters. The maximum Gasteiger partial charge on any atom is 0.222 e. The second-order valence-corrected chi connectivity index (χ2v) is 5.58. The highest BCUT2D eigenvalue weighted by Crippen LogP contribution is 2.22. The van der Waals surface area contributed by atoms with E-state index in [1.807, 2.05) is 17.0 Å². The van der Waals surface area contributed by atoms with Crippen molar-refractivity contribution in [2.45, 2.75) is 38.6 Å². The van der Waals surface area contributed by atoms with Crippen LogP contribution in [0.15, 0.2) is 24.3 Å². The van der Waals surface area contributed by atoms with E-state index in [9.17, 15) is 4.79 Å². The van der Waals surface area contributed by atoms with Gasteiger partial charge in [-0.25, -0.2) is 0 Å². The van der Waals surface area contributed by atoms with Crippen molar-refractivity contribution in [3.63, 3.8) is 0 Å². The number of piperidine rings is 1. The maximum absolute atomic E-state index is 12.0. The molecule has 0 aliphatic carbocycles. The van der Waals surface area contributed by atoms with Crippen LogP contribution >= 0.6 is 0 Å². The zero-order valence-corrected chi connectivity index (χ0v) is 13.1. The van der Waals surface area contributed by atoms with Gasteiger partial charge >= 0.3 is 0 Å². The zero-order valence-electron chi connectivity index (χ0n) is 13.1. The minimum absolute atomic E-state index is 0.169. The summed E-state index contributed by atoms with van der Waals surface area (Å²) in [5.74, 6) is 1.15. The predicted molar refractivity (Wildman–Crippen MR) is 84.5 cm³/mol. The first-order valence-corrected chi connectivity index (χ1v) is 7.89. The van der Waals surface area contributed by atoms with Crippen LogP contribution in [0.2, 0.25) is 0 Å². The lowest BCUT2D eigenvalue weighted by Gasteiger charge is -2.31. The number of amides is 1. The van der Waals surface area contributed by atoms with Gasteiger partial charge < -0.3 is 15.0 Å². The van der Waals surface area contributed by atoms with Gasteiger partial charge in [0.25, 0.3) is 0 Å². The van der Waals surface area contributed by atoms with Crippen molar-refractivity contribution in [2.75, 3.05) is 26.7 Å². The van der Waals surface area contributed by atoms with Crippen molar-refractivity contribution >= 4 is 5.91 Å². The van der Waals surface area contributed by atoms with Gasteiger partial charge in [-0.3, -0.25) is 4.79 Å². The van der Waals surface area contributed by atoms with E-state index >= 15 is 0 Å². The summed E-state index contributed by atoms with van der Waals surface area (Å²) in [7, 11) is 1.68. The Morgan fingerprint density at radius 1 is 1.38 bits per heavy atom. The van der Waals surface area contributed by atoms with Crippen molar-refractivity contribution in [1.82, 2.24) is 10.2 Å². The summed E-state index contributed by atoms with van der Waals surface area (Å²) in [6, 6.07) is 8.28. The number of rotatable bonds is 7. The van der Waals surface area contributed by atoms with Gasteiger partial charge in [-0.1, -0.05) is 19.1 Å². The summed E-state index contributed by atoms with van der Waals surface area (Å²) >= 11 is 0. The van der Waals surface area contributed by atoms with Crippen LogP contribution in [-0.4, -0.2) is 37.6 Å². The third kappa shape index (κ3) is 4.46. The minimum atomic E-state index is 0.169. The topological polar surface area (TPSA) is 41.6 Å². The van der Waals surface area contributed by atoms with Crippen LogP contribution in [0.1, 0.15) is 44.2 Å².